The quantitative estimate of drug-likeness (QED) is 0.231. The number of anilines is 2. The van der Waals surface area contributed by atoms with Crippen LogP contribution in [0.4, 0.5) is 11.4 Å². The van der Waals surface area contributed by atoms with Gasteiger partial charge in [0.25, 0.3) is 0 Å². The van der Waals surface area contributed by atoms with Gasteiger partial charge in [0.15, 0.2) is 11.5 Å². The van der Waals surface area contributed by atoms with Gasteiger partial charge in [0.05, 0.1) is 24.4 Å². The fraction of sp³-hybridized carbons (Fsp3) is 0.261. The van der Waals surface area contributed by atoms with Gasteiger partial charge in [0.2, 0.25) is 0 Å². The topological polar surface area (TPSA) is 61.8 Å². The van der Waals surface area contributed by atoms with E-state index in [1.807, 2.05) is 42.5 Å². The van der Waals surface area contributed by atoms with Crippen LogP contribution < -0.4 is 14.8 Å². The van der Waals surface area contributed by atoms with Gasteiger partial charge in [0.1, 0.15) is 17.8 Å². The zero-order chi connectivity index (χ0) is 21.3. The molecule has 164 valence electrons. The number of rotatable bonds is 10. The fourth-order valence-electron chi connectivity index (χ4n) is 2.84. The lowest BCUT2D eigenvalue weighted by molar-refractivity contribution is 0.132. The fourth-order valence-corrected chi connectivity index (χ4v) is 3.26. The van der Waals surface area contributed by atoms with Crippen LogP contribution in [-0.2, 0) is 9.47 Å². The Morgan fingerprint density at radius 3 is 2.29 bits per heavy atom. The van der Waals surface area contributed by atoms with Crippen LogP contribution >= 0.6 is 28.3 Å². The summed E-state index contributed by atoms with van der Waals surface area (Å²) in [7, 11) is 3.26. The van der Waals surface area contributed by atoms with Gasteiger partial charge in [-0.25, -0.2) is 4.98 Å². The Hall–Kier alpha value is -2.50. The smallest absolute Gasteiger partial charge is 0.163 e. The predicted molar refractivity (Wildman–Crippen MR) is 129 cm³/mol. The molecule has 0 saturated heterocycles. The Balaban J connectivity index is 0.00000341. The highest BCUT2D eigenvalue weighted by atomic mass is 79.9. The first-order chi connectivity index (χ1) is 14.6. The van der Waals surface area contributed by atoms with Gasteiger partial charge in [-0.3, -0.25) is 0 Å². The molecule has 1 aromatic heterocycles. The molecule has 2 aromatic carbocycles. The third-order valence-corrected chi connectivity index (χ3v) is 4.65. The van der Waals surface area contributed by atoms with Crippen molar-refractivity contribution in [3.63, 3.8) is 0 Å². The van der Waals surface area contributed by atoms with E-state index in [2.05, 4.69) is 32.2 Å². The molecule has 0 atom stereocenters. The van der Waals surface area contributed by atoms with E-state index in [-0.39, 0.29) is 12.4 Å². The molecule has 0 aliphatic rings. The number of ether oxygens (including phenoxy) is 4. The third-order valence-electron chi connectivity index (χ3n) is 4.24. The number of nitrogens with zero attached hydrogens (tertiary/aromatic N) is 1. The first-order valence-electron chi connectivity index (χ1n) is 9.36. The molecule has 3 rings (SSSR count). The first-order valence-corrected chi connectivity index (χ1v) is 10.2. The molecule has 6 nitrogen and oxygen atoms in total. The van der Waals surface area contributed by atoms with E-state index >= 15 is 0 Å². The summed E-state index contributed by atoms with van der Waals surface area (Å²) in [5, 5.41) is 4.31. The molecular formula is C23H24BrClN2O4. The van der Waals surface area contributed by atoms with Gasteiger partial charge in [-0.15, -0.1) is 18.8 Å². The number of aromatic nitrogens is 1. The highest BCUT2D eigenvalue weighted by molar-refractivity contribution is 9.10. The number of nitrogens with one attached hydrogen (secondary N) is 1. The van der Waals surface area contributed by atoms with Crippen LogP contribution in [-0.4, -0.2) is 45.6 Å². The third kappa shape index (κ3) is 6.74. The normalized spacial score (nSPS) is 10.3. The van der Waals surface area contributed by atoms with Crippen molar-refractivity contribution < 1.29 is 18.9 Å². The summed E-state index contributed by atoms with van der Waals surface area (Å²) in [5.74, 6) is 3.86. The average molecular weight is 508 g/mol. The summed E-state index contributed by atoms with van der Waals surface area (Å²) in [6, 6.07) is 13.4. The molecular weight excluding hydrogens is 484 g/mol. The lowest BCUT2D eigenvalue weighted by Crippen LogP contribution is -2.09. The van der Waals surface area contributed by atoms with Crippen LogP contribution in [0.15, 0.2) is 47.1 Å². The minimum absolute atomic E-state index is 0. The van der Waals surface area contributed by atoms with Crippen LogP contribution in [0.1, 0.15) is 5.56 Å². The molecule has 8 heteroatoms. The van der Waals surface area contributed by atoms with Gasteiger partial charge in [0, 0.05) is 36.9 Å². The van der Waals surface area contributed by atoms with Crippen molar-refractivity contribution in [3.8, 4) is 23.8 Å². The van der Waals surface area contributed by atoms with E-state index < -0.39 is 0 Å². The summed E-state index contributed by atoms with van der Waals surface area (Å²) in [4.78, 5) is 4.59. The molecule has 0 amide bonds. The van der Waals surface area contributed by atoms with Crippen molar-refractivity contribution in [1.82, 2.24) is 4.98 Å². The van der Waals surface area contributed by atoms with Gasteiger partial charge in [-0.1, -0.05) is 12.0 Å². The molecule has 0 bridgehead atoms. The maximum atomic E-state index is 5.90. The Kier molecular flexibility index (Phi) is 9.89. The molecule has 31 heavy (non-hydrogen) atoms. The molecule has 3 aromatic rings. The molecule has 1 N–H and O–H groups in total. The number of methoxy groups -OCH3 is 2. The minimum atomic E-state index is 0. The van der Waals surface area contributed by atoms with Crippen LogP contribution in [0, 0.1) is 12.3 Å². The summed E-state index contributed by atoms with van der Waals surface area (Å²) < 4.78 is 22.6. The lowest BCUT2D eigenvalue weighted by Gasteiger charge is -2.16. The van der Waals surface area contributed by atoms with Crippen molar-refractivity contribution in [1.29, 1.82) is 0 Å². The van der Waals surface area contributed by atoms with Crippen molar-refractivity contribution in [3.05, 3.63) is 52.6 Å². The van der Waals surface area contributed by atoms with Crippen molar-refractivity contribution in [2.24, 2.45) is 0 Å². The Labute approximate surface area is 196 Å². The monoisotopic (exact) mass is 506 g/mol. The van der Waals surface area contributed by atoms with E-state index in [4.69, 9.17) is 25.4 Å². The first kappa shape index (κ1) is 24.8. The number of benzene rings is 2. The van der Waals surface area contributed by atoms with Crippen LogP contribution in [0.2, 0.25) is 0 Å². The Morgan fingerprint density at radius 1 is 0.968 bits per heavy atom. The Morgan fingerprint density at radius 2 is 1.65 bits per heavy atom. The second-order valence-corrected chi connectivity index (χ2v) is 7.15. The molecule has 0 spiro atoms. The lowest BCUT2D eigenvalue weighted by atomic mass is 10.1. The molecule has 0 radical (unpaired) electrons. The van der Waals surface area contributed by atoms with E-state index in [0.29, 0.717) is 42.5 Å². The van der Waals surface area contributed by atoms with Gasteiger partial charge in [-0.05, 0) is 46.3 Å². The molecule has 0 saturated carbocycles. The van der Waals surface area contributed by atoms with E-state index in [9.17, 15) is 0 Å². The second-order valence-electron chi connectivity index (χ2n) is 6.34. The number of halogens is 2. The van der Waals surface area contributed by atoms with Gasteiger partial charge in [-0.2, -0.15) is 0 Å². The number of terminal acetylenes is 1. The standard InChI is InChI=1S/C23H23BrN2O4.ClH/c1-4-16-6-5-7-17(12-16)25-20-15-23(24)26-19-14-22(30-11-9-28-3)21(13-18(19)20)29-10-8-27-2;/h1,5-7,12-15H,8-11H2,2-3H3,(H,25,26);1H. The summed E-state index contributed by atoms with van der Waals surface area (Å²) in [6.45, 7) is 1.75. The Bertz CT molecular complexity index is 1060. The number of hydrogen-bond donors (Lipinski definition) is 1. The van der Waals surface area contributed by atoms with Crippen molar-refractivity contribution in [2.45, 2.75) is 0 Å². The zero-order valence-electron chi connectivity index (χ0n) is 17.3. The van der Waals surface area contributed by atoms with Gasteiger partial charge >= 0.3 is 0 Å². The molecule has 0 aliphatic carbocycles. The molecule has 0 fully saturated rings. The van der Waals surface area contributed by atoms with Crippen LogP contribution in [0.25, 0.3) is 10.9 Å². The molecule has 0 unspecified atom stereocenters. The SMILES string of the molecule is C#Cc1cccc(Nc2cc(Br)nc3cc(OCCOC)c(OCCOC)cc23)c1.Cl. The molecule has 0 aliphatic heterocycles. The maximum Gasteiger partial charge on any atom is 0.163 e. The van der Waals surface area contributed by atoms with Crippen LogP contribution in [0.3, 0.4) is 0 Å². The van der Waals surface area contributed by atoms with E-state index in [1.54, 1.807) is 14.2 Å². The van der Waals surface area contributed by atoms with Crippen molar-refractivity contribution in [2.75, 3.05) is 46.0 Å². The predicted octanol–water partition coefficient (Wildman–Crippen LogP) is 5.19. The summed E-state index contributed by atoms with van der Waals surface area (Å²) in [5.41, 5.74) is 3.30. The largest absolute Gasteiger partial charge is 0.487 e. The van der Waals surface area contributed by atoms with Crippen molar-refractivity contribution >= 4 is 50.6 Å². The average Bonchev–Trinajstić information content (AvgIpc) is 2.74. The number of hydrogen-bond acceptors (Lipinski definition) is 6. The number of pyridine rings is 1. The van der Waals surface area contributed by atoms with Gasteiger partial charge < -0.3 is 24.3 Å². The molecule has 1 heterocycles. The summed E-state index contributed by atoms with van der Waals surface area (Å²) in [6.07, 6.45) is 5.53. The maximum absolute atomic E-state index is 5.90. The van der Waals surface area contributed by atoms with Crippen LogP contribution in [0.5, 0.6) is 11.5 Å². The number of fused-ring (bicyclic) bond motifs is 1. The zero-order valence-corrected chi connectivity index (χ0v) is 19.7. The summed E-state index contributed by atoms with van der Waals surface area (Å²) >= 11 is 3.49. The second kappa shape index (κ2) is 12.4. The minimum Gasteiger partial charge on any atom is -0.487 e. The van der Waals surface area contributed by atoms with E-state index in [1.165, 1.54) is 0 Å². The van der Waals surface area contributed by atoms with E-state index in [0.717, 1.165) is 27.8 Å². The highest BCUT2D eigenvalue weighted by Gasteiger charge is 2.13. The highest BCUT2D eigenvalue weighted by Crippen LogP contribution is 2.37.